The highest BCUT2D eigenvalue weighted by Gasteiger charge is 2.04. The van der Waals surface area contributed by atoms with Gasteiger partial charge in [-0.05, 0) is 45.8 Å². The van der Waals surface area contributed by atoms with Crippen LogP contribution >= 0.6 is 15.9 Å². The van der Waals surface area contributed by atoms with Crippen LogP contribution in [0.15, 0.2) is 46.9 Å². The van der Waals surface area contributed by atoms with Crippen molar-refractivity contribution in [3.63, 3.8) is 0 Å². The Labute approximate surface area is 127 Å². The topological polar surface area (TPSA) is 21.3 Å². The Morgan fingerprint density at radius 1 is 1.15 bits per heavy atom. The van der Waals surface area contributed by atoms with Gasteiger partial charge in [0.2, 0.25) is 0 Å². The van der Waals surface area contributed by atoms with Gasteiger partial charge in [0.05, 0.1) is 4.47 Å². The molecule has 0 spiro atoms. The summed E-state index contributed by atoms with van der Waals surface area (Å²) in [5.41, 5.74) is 1.13. The lowest BCUT2D eigenvalue weighted by molar-refractivity contribution is 0.474. The summed E-state index contributed by atoms with van der Waals surface area (Å²) in [6.07, 6.45) is 0. The van der Waals surface area contributed by atoms with E-state index in [-0.39, 0.29) is 5.82 Å². The molecule has 0 aliphatic carbocycles. The van der Waals surface area contributed by atoms with Crippen LogP contribution in [-0.4, -0.2) is 6.04 Å². The molecule has 0 fully saturated rings. The smallest absolute Gasteiger partial charge is 0.141 e. The largest absolute Gasteiger partial charge is 0.457 e. The Morgan fingerprint density at radius 2 is 1.90 bits per heavy atom. The maximum atomic E-state index is 13.4. The lowest BCUT2D eigenvalue weighted by Crippen LogP contribution is -2.21. The first-order valence-electron chi connectivity index (χ1n) is 6.50. The fourth-order valence-corrected chi connectivity index (χ4v) is 1.96. The molecule has 106 valence electrons. The van der Waals surface area contributed by atoms with Gasteiger partial charge in [-0.25, -0.2) is 4.39 Å². The van der Waals surface area contributed by atoms with Crippen molar-refractivity contribution in [2.75, 3.05) is 0 Å². The molecule has 0 atom stereocenters. The van der Waals surface area contributed by atoms with Crippen LogP contribution in [-0.2, 0) is 6.54 Å². The first-order valence-corrected chi connectivity index (χ1v) is 7.29. The lowest BCUT2D eigenvalue weighted by Gasteiger charge is -2.10. The highest BCUT2D eigenvalue weighted by Crippen LogP contribution is 2.26. The fourth-order valence-electron chi connectivity index (χ4n) is 1.72. The van der Waals surface area contributed by atoms with E-state index in [1.807, 2.05) is 24.3 Å². The lowest BCUT2D eigenvalue weighted by atomic mass is 10.2. The minimum absolute atomic E-state index is 0.333. The molecule has 2 nitrogen and oxygen atoms in total. The van der Waals surface area contributed by atoms with Gasteiger partial charge < -0.3 is 10.1 Å². The Bertz CT molecular complexity index is 586. The molecule has 2 aromatic rings. The van der Waals surface area contributed by atoms with Crippen LogP contribution in [0.1, 0.15) is 19.4 Å². The standard InChI is InChI=1S/C16H17BrFNO/c1-11(2)19-10-12-4-3-5-13(8-12)20-14-6-7-15(17)16(18)9-14/h3-9,11,19H,10H2,1-2H3. The Morgan fingerprint density at radius 3 is 2.60 bits per heavy atom. The van der Waals surface area contributed by atoms with Crippen molar-refractivity contribution < 1.29 is 9.13 Å². The summed E-state index contributed by atoms with van der Waals surface area (Å²) < 4.78 is 19.5. The minimum Gasteiger partial charge on any atom is -0.457 e. The van der Waals surface area contributed by atoms with Gasteiger partial charge in [-0.1, -0.05) is 26.0 Å². The van der Waals surface area contributed by atoms with Crippen molar-refractivity contribution in [1.82, 2.24) is 5.32 Å². The van der Waals surface area contributed by atoms with Crippen LogP contribution < -0.4 is 10.1 Å². The zero-order valence-electron chi connectivity index (χ0n) is 11.5. The van der Waals surface area contributed by atoms with Gasteiger partial charge in [-0.2, -0.15) is 0 Å². The van der Waals surface area contributed by atoms with Gasteiger partial charge in [0.15, 0.2) is 0 Å². The van der Waals surface area contributed by atoms with Crippen LogP contribution in [0.3, 0.4) is 0 Å². The molecular formula is C16H17BrFNO. The summed E-state index contributed by atoms with van der Waals surface area (Å²) in [6, 6.07) is 12.9. The van der Waals surface area contributed by atoms with Crippen molar-refractivity contribution in [3.05, 3.63) is 58.3 Å². The summed E-state index contributed by atoms with van der Waals surface area (Å²) in [7, 11) is 0. The zero-order chi connectivity index (χ0) is 14.5. The number of rotatable bonds is 5. The first-order chi connectivity index (χ1) is 9.54. The van der Waals surface area contributed by atoms with Crippen molar-refractivity contribution in [2.45, 2.75) is 26.4 Å². The number of hydrogen-bond donors (Lipinski definition) is 1. The molecule has 0 heterocycles. The van der Waals surface area contributed by atoms with Crippen LogP contribution in [0.25, 0.3) is 0 Å². The third kappa shape index (κ3) is 4.32. The second-order valence-corrected chi connectivity index (χ2v) is 5.72. The molecule has 4 heteroatoms. The van der Waals surface area contributed by atoms with Gasteiger partial charge in [0.25, 0.3) is 0 Å². The van der Waals surface area contributed by atoms with E-state index >= 15 is 0 Å². The quantitative estimate of drug-likeness (QED) is 0.839. The van der Waals surface area contributed by atoms with Gasteiger partial charge in [0, 0.05) is 18.7 Å². The summed E-state index contributed by atoms with van der Waals surface area (Å²) >= 11 is 3.12. The molecule has 2 rings (SSSR count). The Hall–Kier alpha value is -1.39. The monoisotopic (exact) mass is 337 g/mol. The third-order valence-corrected chi connectivity index (χ3v) is 3.38. The molecule has 0 aliphatic rings. The van der Waals surface area contributed by atoms with Gasteiger partial charge in [-0.3, -0.25) is 0 Å². The van der Waals surface area contributed by atoms with Crippen LogP contribution in [0.2, 0.25) is 0 Å². The maximum Gasteiger partial charge on any atom is 0.141 e. The van der Waals surface area contributed by atoms with E-state index < -0.39 is 0 Å². The Kier molecular flexibility index (Phi) is 5.15. The fraction of sp³-hybridized carbons (Fsp3) is 0.250. The van der Waals surface area contributed by atoms with E-state index in [0.29, 0.717) is 22.0 Å². The third-order valence-electron chi connectivity index (χ3n) is 2.74. The molecular weight excluding hydrogens is 321 g/mol. The molecule has 0 saturated carbocycles. The second-order valence-electron chi connectivity index (χ2n) is 4.86. The van der Waals surface area contributed by atoms with Crippen molar-refractivity contribution in [1.29, 1.82) is 0 Å². The highest BCUT2D eigenvalue weighted by atomic mass is 79.9. The molecule has 0 saturated heterocycles. The van der Waals surface area contributed by atoms with Crippen LogP contribution in [0.4, 0.5) is 4.39 Å². The van der Waals surface area contributed by atoms with E-state index in [9.17, 15) is 4.39 Å². The zero-order valence-corrected chi connectivity index (χ0v) is 13.1. The van der Waals surface area contributed by atoms with Gasteiger partial charge in [0.1, 0.15) is 17.3 Å². The molecule has 2 aromatic carbocycles. The summed E-state index contributed by atoms with van der Waals surface area (Å²) in [6.45, 7) is 4.99. The SMILES string of the molecule is CC(C)NCc1cccc(Oc2ccc(Br)c(F)c2)c1. The molecule has 0 aliphatic heterocycles. The molecule has 0 amide bonds. The van der Waals surface area contributed by atoms with Crippen LogP contribution in [0, 0.1) is 5.82 Å². The number of hydrogen-bond acceptors (Lipinski definition) is 2. The summed E-state index contributed by atoms with van der Waals surface area (Å²) in [4.78, 5) is 0. The van der Waals surface area contributed by atoms with E-state index in [1.165, 1.54) is 6.07 Å². The van der Waals surface area contributed by atoms with Gasteiger partial charge >= 0.3 is 0 Å². The van der Waals surface area contributed by atoms with Crippen molar-refractivity contribution in [3.8, 4) is 11.5 Å². The predicted octanol–water partition coefficient (Wildman–Crippen LogP) is 4.88. The molecule has 0 bridgehead atoms. The number of nitrogens with one attached hydrogen (secondary N) is 1. The van der Waals surface area contributed by atoms with Crippen molar-refractivity contribution >= 4 is 15.9 Å². The average Bonchev–Trinajstić information content (AvgIpc) is 2.41. The van der Waals surface area contributed by atoms with E-state index in [4.69, 9.17) is 4.74 Å². The first kappa shape index (κ1) is 15.0. The number of benzene rings is 2. The van der Waals surface area contributed by atoms with Gasteiger partial charge in [-0.15, -0.1) is 0 Å². The Balaban J connectivity index is 2.08. The van der Waals surface area contributed by atoms with E-state index in [2.05, 4.69) is 35.1 Å². The molecule has 0 aromatic heterocycles. The van der Waals surface area contributed by atoms with Crippen molar-refractivity contribution in [2.24, 2.45) is 0 Å². The maximum absolute atomic E-state index is 13.4. The highest BCUT2D eigenvalue weighted by molar-refractivity contribution is 9.10. The minimum atomic E-state index is -0.333. The predicted molar refractivity (Wildman–Crippen MR) is 82.6 cm³/mol. The normalized spacial score (nSPS) is 10.8. The number of ether oxygens (including phenoxy) is 1. The second kappa shape index (κ2) is 6.86. The molecule has 0 radical (unpaired) electrons. The summed E-state index contributed by atoms with van der Waals surface area (Å²) in [5.74, 6) is 0.856. The number of halogens is 2. The molecule has 20 heavy (non-hydrogen) atoms. The average molecular weight is 338 g/mol. The van der Waals surface area contributed by atoms with E-state index in [0.717, 1.165) is 12.1 Å². The van der Waals surface area contributed by atoms with E-state index in [1.54, 1.807) is 12.1 Å². The summed E-state index contributed by atoms with van der Waals surface area (Å²) in [5, 5.41) is 3.35. The molecule has 0 unspecified atom stereocenters. The van der Waals surface area contributed by atoms with Crippen LogP contribution in [0.5, 0.6) is 11.5 Å². The molecule has 1 N–H and O–H groups in total.